The van der Waals surface area contributed by atoms with Crippen molar-refractivity contribution < 1.29 is 22.4 Å². The quantitative estimate of drug-likeness (QED) is 0.838. The van der Waals surface area contributed by atoms with Crippen LogP contribution in [0.4, 0.5) is 17.6 Å². The van der Waals surface area contributed by atoms with Crippen molar-refractivity contribution >= 4 is 5.91 Å². The van der Waals surface area contributed by atoms with Gasteiger partial charge in [0, 0.05) is 6.04 Å². The summed E-state index contributed by atoms with van der Waals surface area (Å²) in [5.41, 5.74) is 3.73. The Hall–Kier alpha value is -1.63. The molecule has 0 saturated carbocycles. The molecule has 0 aliphatic carbocycles. The Morgan fingerprint density at radius 3 is 2.45 bits per heavy atom. The number of amides is 1. The fourth-order valence-corrected chi connectivity index (χ4v) is 1.51. The van der Waals surface area contributed by atoms with E-state index in [0.29, 0.717) is 24.7 Å². The summed E-state index contributed by atoms with van der Waals surface area (Å²) in [5, 5.41) is 2.44. The minimum atomic E-state index is -4.63. The van der Waals surface area contributed by atoms with E-state index in [2.05, 4.69) is 5.32 Å². The summed E-state index contributed by atoms with van der Waals surface area (Å²) < 4.78 is 51.1. The number of nitrogens with two attached hydrogens (primary N) is 1. The molecule has 0 bridgehead atoms. The van der Waals surface area contributed by atoms with Crippen molar-refractivity contribution in [3.63, 3.8) is 0 Å². The average Bonchev–Trinajstić information content (AvgIpc) is 2.36. The SMILES string of the molecule is CC(CN)C(C)NC(=O)c1cc(C(F)(F)F)ccc1F. The van der Waals surface area contributed by atoms with Gasteiger partial charge < -0.3 is 11.1 Å². The van der Waals surface area contributed by atoms with E-state index in [1.807, 2.05) is 0 Å². The molecule has 20 heavy (non-hydrogen) atoms. The minimum Gasteiger partial charge on any atom is -0.349 e. The van der Waals surface area contributed by atoms with Gasteiger partial charge in [-0.15, -0.1) is 0 Å². The molecular formula is C13H16F4N2O. The van der Waals surface area contributed by atoms with Crippen molar-refractivity contribution in [1.82, 2.24) is 5.32 Å². The third-order valence-corrected chi connectivity index (χ3v) is 3.12. The molecule has 0 heterocycles. The highest BCUT2D eigenvalue weighted by Crippen LogP contribution is 2.30. The van der Waals surface area contributed by atoms with Gasteiger partial charge in [0.2, 0.25) is 0 Å². The molecule has 0 spiro atoms. The highest BCUT2D eigenvalue weighted by Gasteiger charge is 2.32. The minimum absolute atomic E-state index is 0.0761. The molecule has 0 aliphatic heterocycles. The van der Waals surface area contributed by atoms with Crippen LogP contribution in [0.25, 0.3) is 0 Å². The molecule has 3 nitrogen and oxygen atoms in total. The van der Waals surface area contributed by atoms with E-state index >= 15 is 0 Å². The Labute approximate surface area is 114 Å². The Balaban J connectivity index is 2.98. The van der Waals surface area contributed by atoms with Crippen molar-refractivity contribution in [2.45, 2.75) is 26.1 Å². The van der Waals surface area contributed by atoms with Crippen LogP contribution in [0, 0.1) is 11.7 Å². The van der Waals surface area contributed by atoms with Crippen LogP contribution < -0.4 is 11.1 Å². The molecule has 0 aromatic heterocycles. The zero-order valence-electron chi connectivity index (χ0n) is 11.1. The Kier molecular flexibility index (Phi) is 5.10. The van der Waals surface area contributed by atoms with Crippen molar-refractivity contribution in [3.05, 3.63) is 35.1 Å². The highest BCUT2D eigenvalue weighted by atomic mass is 19.4. The first-order valence-corrected chi connectivity index (χ1v) is 6.04. The summed E-state index contributed by atoms with van der Waals surface area (Å²) in [7, 11) is 0. The molecule has 2 unspecified atom stereocenters. The average molecular weight is 292 g/mol. The predicted molar refractivity (Wildman–Crippen MR) is 66.5 cm³/mol. The van der Waals surface area contributed by atoms with E-state index in [1.54, 1.807) is 13.8 Å². The number of nitrogens with one attached hydrogen (secondary N) is 1. The second kappa shape index (κ2) is 6.21. The number of hydrogen-bond acceptors (Lipinski definition) is 2. The third kappa shape index (κ3) is 3.93. The molecule has 7 heteroatoms. The number of hydrogen-bond donors (Lipinski definition) is 2. The number of benzene rings is 1. The van der Waals surface area contributed by atoms with Crippen molar-refractivity contribution in [3.8, 4) is 0 Å². The second-order valence-electron chi connectivity index (χ2n) is 4.67. The number of halogens is 4. The van der Waals surface area contributed by atoms with E-state index < -0.39 is 29.0 Å². The zero-order valence-corrected chi connectivity index (χ0v) is 11.1. The van der Waals surface area contributed by atoms with Gasteiger partial charge in [-0.25, -0.2) is 4.39 Å². The maximum Gasteiger partial charge on any atom is 0.416 e. The van der Waals surface area contributed by atoms with Gasteiger partial charge in [0.05, 0.1) is 11.1 Å². The maximum atomic E-state index is 13.5. The Morgan fingerprint density at radius 1 is 1.35 bits per heavy atom. The van der Waals surface area contributed by atoms with Crippen LogP contribution in [0.15, 0.2) is 18.2 Å². The molecule has 3 N–H and O–H groups in total. The van der Waals surface area contributed by atoms with Crippen LogP contribution >= 0.6 is 0 Å². The van der Waals surface area contributed by atoms with Gasteiger partial charge in [-0.2, -0.15) is 13.2 Å². The lowest BCUT2D eigenvalue weighted by atomic mass is 10.0. The number of carbonyl (C=O) groups excluding carboxylic acids is 1. The summed E-state index contributed by atoms with van der Waals surface area (Å²) in [4.78, 5) is 11.8. The molecular weight excluding hydrogens is 276 g/mol. The molecule has 1 rings (SSSR count). The van der Waals surface area contributed by atoms with Gasteiger partial charge in [0.15, 0.2) is 0 Å². The van der Waals surface area contributed by atoms with Crippen LogP contribution in [0.3, 0.4) is 0 Å². The topological polar surface area (TPSA) is 55.1 Å². The molecule has 0 aliphatic rings. The Morgan fingerprint density at radius 2 is 1.95 bits per heavy atom. The molecule has 1 amide bonds. The normalized spacial score (nSPS) is 14.8. The first-order valence-electron chi connectivity index (χ1n) is 6.04. The molecule has 2 atom stereocenters. The number of alkyl halides is 3. The first kappa shape index (κ1) is 16.4. The van der Waals surface area contributed by atoms with Gasteiger partial charge in [-0.1, -0.05) is 6.92 Å². The molecule has 0 fully saturated rings. The largest absolute Gasteiger partial charge is 0.416 e. The van der Waals surface area contributed by atoms with Gasteiger partial charge in [-0.3, -0.25) is 4.79 Å². The highest BCUT2D eigenvalue weighted by molar-refractivity contribution is 5.94. The van der Waals surface area contributed by atoms with Crippen LogP contribution in [0.2, 0.25) is 0 Å². The van der Waals surface area contributed by atoms with E-state index in [0.717, 1.165) is 0 Å². The van der Waals surface area contributed by atoms with Crippen LogP contribution in [0.5, 0.6) is 0 Å². The molecule has 0 radical (unpaired) electrons. The van der Waals surface area contributed by atoms with Crippen LogP contribution in [0.1, 0.15) is 29.8 Å². The van der Waals surface area contributed by atoms with E-state index in [9.17, 15) is 22.4 Å². The molecule has 0 saturated heterocycles. The van der Waals surface area contributed by atoms with E-state index in [4.69, 9.17) is 5.73 Å². The number of carbonyl (C=O) groups is 1. The molecule has 1 aromatic rings. The first-order chi connectivity index (χ1) is 9.16. The van der Waals surface area contributed by atoms with Gasteiger partial charge >= 0.3 is 6.18 Å². The third-order valence-electron chi connectivity index (χ3n) is 3.12. The van der Waals surface area contributed by atoms with E-state index in [1.165, 1.54) is 0 Å². The van der Waals surface area contributed by atoms with Crippen LogP contribution in [-0.4, -0.2) is 18.5 Å². The smallest absolute Gasteiger partial charge is 0.349 e. The second-order valence-corrected chi connectivity index (χ2v) is 4.67. The standard InChI is InChI=1S/C13H16F4N2O/c1-7(6-18)8(2)19-12(20)10-5-9(13(15,16)17)3-4-11(10)14/h3-5,7-8H,6,18H2,1-2H3,(H,19,20). The van der Waals surface area contributed by atoms with Gasteiger partial charge in [-0.05, 0) is 37.6 Å². The van der Waals surface area contributed by atoms with Crippen molar-refractivity contribution in [1.29, 1.82) is 0 Å². The van der Waals surface area contributed by atoms with Gasteiger partial charge in [0.25, 0.3) is 5.91 Å². The summed E-state index contributed by atoms with van der Waals surface area (Å²) in [6, 6.07) is 1.36. The summed E-state index contributed by atoms with van der Waals surface area (Å²) in [5.74, 6) is -1.96. The summed E-state index contributed by atoms with van der Waals surface area (Å²) in [6.07, 6.45) is -4.63. The van der Waals surface area contributed by atoms with Crippen molar-refractivity contribution in [2.75, 3.05) is 6.54 Å². The molecule has 112 valence electrons. The number of rotatable bonds is 4. The maximum absolute atomic E-state index is 13.5. The monoisotopic (exact) mass is 292 g/mol. The lowest BCUT2D eigenvalue weighted by Gasteiger charge is -2.20. The fourth-order valence-electron chi connectivity index (χ4n) is 1.51. The van der Waals surface area contributed by atoms with Crippen LogP contribution in [-0.2, 0) is 6.18 Å². The van der Waals surface area contributed by atoms with Crippen molar-refractivity contribution in [2.24, 2.45) is 11.7 Å². The lowest BCUT2D eigenvalue weighted by Crippen LogP contribution is -2.40. The predicted octanol–water partition coefficient (Wildman–Crippen LogP) is 2.56. The van der Waals surface area contributed by atoms with Gasteiger partial charge in [0.1, 0.15) is 5.82 Å². The molecule has 1 aromatic carbocycles. The Bertz CT molecular complexity index is 488. The van der Waals surface area contributed by atoms with E-state index in [-0.39, 0.29) is 12.0 Å². The lowest BCUT2D eigenvalue weighted by molar-refractivity contribution is -0.137. The fraction of sp³-hybridized carbons (Fsp3) is 0.462. The summed E-state index contributed by atoms with van der Waals surface area (Å²) in [6.45, 7) is 3.72. The summed E-state index contributed by atoms with van der Waals surface area (Å²) >= 11 is 0. The zero-order chi connectivity index (χ0) is 15.5.